The summed E-state index contributed by atoms with van der Waals surface area (Å²) in [4.78, 5) is 11.7. The summed E-state index contributed by atoms with van der Waals surface area (Å²) in [5, 5.41) is 0.321. The van der Waals surface area contributed by atoms with Crippen LogP contribution in [-0.4, -0.2) is 35.6 Å². The molecule has 1 aliphatic heterocycles. The van der Waals surface area contributed by atoms with Gasteiger partial charge in [-0.3, -0.25) is 9.52 Å². The number of nitrogens with one attached hydrogen (secondary N) is 1. The Bertz CT molecular complexity index is 1100. The van der Waals surface area contributed by atoms with Crippen LogP contribution in [0.25, 0.3) is 0 Å². The third-order valence-corrected chi connectivity index (χ3v) is 7.17. The lowest BCUT2D eigenvalue weighted by atomic mass is 10.3. The summed E-state index contributed by atoms with van der Waals surface area (Å²) in [5.74, 6) is -0.525. The first-order valence-electron chi connectivity index (χ1n) is 7.66. The number of ether oxygens (including phenoxy) is 1. The normalized spacial score (nSPS) is 16.4. The maximum Gasteiger partial charge on any atom is 0.262 e. The van der Waals surface area contributed by atoms with Crippen molar-refractivity contribution in [1.29, 1.82) is 0 Å². The van der Waals surface area contributed by atoms with E-state index in [1.165, 1.54) is 43.5 Å². The van der Waals surface area contributed by atoms with Crippen molar-refractivity contribution in [2.24, 2.45) is 0 Å². The Labute approximate surface area is 161 Å². The molecule has 1 amide bonds. The van der Waals surface area contributed by atoms with E-state index in [4.69, 9.17) is 16.3 Å². The third-order valence-electron chi connectivity index (χ3n) is 3.87. The zero-order valence-corrected chi connectivity index (χ0v) is 16.4. The monoisotopic (exact) mass is 430 g/mol. The van der Waals surface area contributed by atoms with Crippen molar-refractivity contribution in [3.8, 4) is 5.75 Å². The first-order chi connectivity index (χ1) is 12.6. The molecule has 0 bridgehead atoms. The maximum atomic E-state index is 12.6. The molecule has 1 saturated heterocycles. The van der Waals surface area contributed by atoms with E-state index in [1.54, 1.807) is 6.07 Å². The van der Waals surface area contributed by atoms with Crippen molar-refractivity contribution < 1.29 is 26.4 Å². The Morgan fingerprint density at radius 1 is 1.15 bits per heavy atom. The van der Waals surface area contributed by atoms with Gasteiger partial charge in [-0.1, -0.05) is 11.6 Å². The summed E-state index contributed by atoms with van der Waals surface area (Å²) >= 11 is 5.90. The number of hydrogen-bond acceptors (Lipinski definition) is 6. The third kappa shape index (κ3) is 3.87. The topological polar surface area (TPSA) is 110 Å². The van der Waals surface area contributed by atoms with E-state index in [2.05, 4.69) is 4.72 Å². The minimum Gasteiger partial charge on any atom is -0.495 e. The Hall–Kier alpha value is -2.30. The van der Waals surface area contributed by atoms with Crippen molar-refractivity contribution in [3.05, 3.63) is 47.5 Å². The highest BCUT2D eigenvalue weighted by Crippen LogP contribution is 2.31. The number of anilines is 2. The molecule has 8 nitrogen and oxygen atoms in total. The van der Waals surface area contributed by atoms with Gasteiger partial charge in [0.25, 0.3) is 10.0 Å². The largest absolute Gasteiger partial charge is 0.495 e. The summed E-state index contributed by atoms with van der Waals surface area (Å²) in [6, 6.07) is 9.45. The van der Waals surface area contributed by atoms with E-state index in [0.717, 1.165) is 0 Å². The van der Waals surface area contributed by atoms with E-state index < -0.39 is 26.0 Å². The molecule has 1 heterocycles. The van der Waals surface area contributed by atoms with E-state index in [0.29, 0.717) is 9.33 Å². The van der Waals surface area contributed by atoms with E-state index in [1.807, 2.05) is 0 Å². The summed E-state index contributed by atoms with van der Waals surface area (Å²) in [6.45, 7) is 0. The molecular formula is C16H15ClN2O6S2. The van der Waals surface area contributed by atoms with Gasteiger partial charge in [-0.05, 0) is 42.5 Å². The standard InChI is InChI=1S/C16H15ClN2O6S2/c1-25-15-7-2-11(17)10-14(15)18-27(23,24)13-5-3-12(4-6-13)19-16(20)8-9-26(19,21)22/h2-7,10,18H,8-9H2,1H3. The van der Waals surface area contributed by atoms with Crippen LogP contribution in [0.1, 0.15) is 6.42 Å². The fourth-order valence-corrected chi connectivity index (χ4v) is 5.29. The zero-order chi connectivity index (χ0) is 19.8. The Morgan fingerprint density at radius 2 is 1.81 bits per heavy atom. The lowest BCUT2D eigenvalue weighted by Crippen LogP contribution is -2.29. The van der Waals surface area contributed by atoms with E-state index in [-0.39, 0.29) is 34.2 Å². The second-order valence-electron chi connectivity index (χ2n) is 5.67. The molecule has 27 heavy (non-hydrogen) atoms. The zero-order valence-electron chi connectivity index (χ0n) is 14.0. The molecule has 1 N–H and O–H groups in total. The molecule has 0 radical (unpaired) electrons. The molecule has 144 valence electrons. The van der Waals surface area contributed by atoms with Crippen LogP contribution in [-0.2, 0) is 24.8 Å². The van der Waals surface area contributed by atoms with Gasteiger partial charge < -0.3 is 4.74 Å². The van der Waals surface area contributed by atoms with E-state index >= 15 is 0 Å². The molecule has 0 spiro atoms. The summed E-state index contributed by atoms with van der Waals surface area (Å²) < 4.78 is 57.3. The number of hydrogen-bond donors (Lipinski definition) is 1. The smallest absolute Gasteiger partial charge is 0.262 e. The molecule has 0 aliphatic carbocycles. The number of halogens is 1. The van der Waals surface area contributed by atoms with Crippen LogP contribution in [0.15, 0.2) is 47.4 Å². The molecule has 2 aromatic rings. The van der Waals surface area contributed by atoms with Crippen molar-refractivity contribution in [3.63, 3.8) is 0 Å². The fraction of sp³-hybridized carbons (Fsp3) is 0.188. The number of carbonyl (C=O) groups excluding carboxylic acids is 1. The predicted molar refractivity (Wildman–Crippen MR) is 101 cm³/mol. The maximum absolute atomic E-state index is 12.6. The van der Waals surface area contributed by atoms with Crippen molar-refractivity contribution in [2.45, 2.75) is 11.3 Å². The van der Waals surface area contributed by atoms with Crippen LogP contribution in [0.2, 0.25) is 5.02 Å². The SMILES string of the molecule is COc1ccc(Cl)cc1NS(=O)(=O)c1ccc(N2C(=O)CCS2(=O)=O)cc1. The highest BCUT2D eigenvalue weighted by Gasteiger charge is 2.36. The quantitative estimate of drug-likeness (QED) is 0.778. The average Bonchev–Trinajstić information content (AvgIpc) is 2.88. The van der Waals surface area contributed by atoms with Gasteiger partial charge >= 0.3 is 0 Å². The van der Waals surface area contributed by atoms with Crippen LogP contribution in [0.3, 0.4) is 0 Å². The number of benzene rings is 2. The first-order valence-corrected chi connectivity index (χ1v) is 11.1. The number of rotatable bonds is 5. The minimum atomic E-state index is -3.99. The van der Waals surface area contributed by atoms with Crippen molar-refractivity contribution >= 4 is 48.9 Å². The summed E-state index contributed by atoms with van der Waals surface area (Å²) in [7, 11) is -6.31. The summed E-state index contributed by atoms with van der Waals surface area (Å²) in [5.41, 5.74) is 0.253. The number of amides is 1. The van der Waals surface area contributed by atoms with Gasteiger partial charge in [-0.25, -0.2) is 21.1 Å². The van der Waals surface area contributed by atoms with Crippen LogP contribution >= 0.6 is 11.6 Å². The molecule has 1 fully saturated rings. The highest BCUT2D eigenvalue weighted by molar-refractivity contribution is 7.94. The molecule has 0 unspecified atom stereocenters. The van der Waals surface area contributed by atoms with Crippen LogP contribution in [0, 0.1) is 0 Å². The molecule has 11 heteroatoms. The van der Waals surface area contributed by atoms with Gasteiger partial charge in [0, 0.05) is 11.4 Å². The fourth-order valence-electron chi connectivity index (χ4n) is 2.59. The van der Waals surface area contributed by atoms with Gasteiger partial charge in [0.15, 0.2) is 0 Å². The van der Waals surface area contributed by atoms with Crippen molar-refractivity contribution in [2.75, 3.05) is 21.9 Å². The lowest BCUT2D eigenvalue weighted by Gasteiger charge is -2.16. The molecule has 3 rings (SSSR count). The highest BCUT2D eigenvalue weighted by atomic mass is 35.5. The second kappa shape index (κ2) is 7.02. The number of sulfonamides is 2. The molecule has 2 aromatic carbocycles. The lowest BCUT2D eigenvalue weighted by molar-refractivity contribution is -0.116. The summed E-state index contributed by atoms with van der Waals surface area (Å²) in [6.07, 6.45) is -0.0987. The Kier molecular flexibility index (Phi) is 5.06. The molecule has 0 aromatic heterocycles. The van der Waals surface area contributed by atoms with E-state index in [9.17, 15) is 21.6 Å². The van der Waals surface area contributed by atoms with Gasteiger partial charge in [0.2, 0.25) is 15.9 Å². The molecular weight excluding hydrogens is 416 g/mol. The van der Waals surface area contributed by atoms with Crippen LogP contribution in [0.5, 0.6) is 5.75 Å². The number of methoxy groups -OCH3 is 1. The van der Waals surface area contributed by atoms with Gasteiger partial charge in [-0.15, -0.1) is 0 Å². The van der Waals surface area contributed by atoms with Gasteiger partial charge in [-0.2, -0.15) is 0 Å². The average molecular weight is 431 g/mol. The number of nitrogens with zero attached hydrogens (tertiary/aromatic N) is 1. The van der Waals surface area contributed by atoms with Crippen LogP contribution in [0.4, 0.5) is 11.4 Å². The molecule has 0 atom stereocenters. The Morgan fingerprint density at radius 3 is 2.37 bits per heavy atom. The molecule has 0 saturated carbocycles. The van der Waals surface area contributed by atoms with Gasteiger partial charge in [0.05, 0.1) is 29.1 Å². The second-order valence-corrected chi connectivity index (χ2v) is 9.72. The Balaban J connectivity index is 1.91. The van der Waals surface area contributed by atoms with Gasteiger partial charge in [0.1, 0.15) is 5.75 Å². The van der Waals surface area contributed by atoms with Crippen molar-refractivity contribution in [1.82, 2.24) is 0 Å². The number of carbonyl (C=O) groups is 1. The predicted octanol–water partition coefficient (Wildman–Crippen LogP) is 2.22. The molecule has 1 aliphatic rings. The first kappa shape index (κ1) is 19.5. The minimum absolute atomic E-state index is 0.0942. The van der Waals surface area contributed by atoms with Crippen LogP contribution < -0.4 is 13.8 Å².